The molecule has 0 aliphatic heterocycles. The molecule has 2 aromatic heterocycles. The molecule has 0 atom stereocenters. The topological polar surface area (TPSA) is 34.4 Å². The summed E-state index contributed by atoms with van der Waals surface area (Å²) in [5.74, 6) is 0. The fourth-order valence-corrected chi connectivity index (χ4v) is 1.85. The fraction of sp³-hybridized carbons (Fsp3) is 0.200. The quantitative estimate of drug-likeness (QED) is 0.732. The molecule has 0 saturated carbocycles. The molecular weight excluding hydrogens is 244 g/mol. The number of aldehydes is 1. The smallest absolute Gasteiger partial charge is 0.168 e. The van der Waals surface area contributed by atoms with Gasteiger partial charge in [-0.25, -0.2) is 4.98 Å². The largest absolute Gasteiger partial charge is 0.296 e. The monoisotopic (exact) mass is 252 g/mol. The van der Waals surface area contributed by atoms with E-state index in [1.807, 2.05) is 30.4 Å². The number of aromatic nitrogens is 2. The molecule has 0 fully saturated rings. The highest BCUT2D eigenvalue weighted by molar-refractivity contribution is 9.10. The molecule has 2 heterocycles. The summed E-state index contributed by atoms with van der Waals surface area (Å²) < 4.78 is 2.83. The van der Waals surface area contributed by atoms with Crippen molar-refractivity contribution in [1.29, 1.82) is 0 Å². The zero-order chi connectivity index (χ0) is 10.3. The lowest BCUT2D eigenvalue weighted by Gasteiger charge is -2.03. The second-order valence-electron chi connectivity index (χ2n) is 3.16. The highest BCUT2D eigenvalue weighted by atomic mass is 79.9. The van der Waals surface area contributed by atoms with E-state index in [1.165, 1.54) is 0 Å². The highest BCUT2D eigenvalue weighted by Crippen LogP contribution is 2.20. The first-order valence-corrected chi connectivity index (χ1v) is 5.04. The van der Waals surface area contributed by atoms with E-state index in [4.69, 9.17) is 0 Å². The summed E-state index contributed by atoms with van der Waals surface area (Å²) in [4.78, 5) is 15.2. The van der Waals surface area contributed by atoms with Crippen LogP contribution in [0.5, 0.6) is 0 Å². The lowest BCUT2D eigenvalue weighted by atomic mass is 10.3. The van der Waals surface area contributed by atoms with Gasteiger partial charge in [-0.3, -0.25) is 9.20 Å². The van der Waals surface area contributed by atoms with Crippen LogP contribution in [0.25, 0.3) is 5.65 Å². The fourth-order valence-electron chi connectivity index (χ4n) is 1.54. The van der Waals surface area contributed by atoms with Crippen LogP contribution in [-0.4, -0.2) is 15.7 Å². The van der Waals surface area contributed by atoms with Gasteiger partial charge < -0.3 is 0 Å². The van der Waals surface area contributed by atoms with Gasteiger partial charge in [0.05, 0.1) is 5.69 Å². The van der Waals surface area contributed by atoms with E-state index in [0.717, 1.165) is 27.8 Å². The SMILES string of the molecule is Cc1nc2ccc(Br)c(C)n2c1C=O. The van der Waals surface area contributed by atoms with Crippen molar-refractivity contribution >= 4 is 27.9 Å². The molecule has 72 valence electrons. The summed E-state index contributed by atoms with van der Waals surface area (Å²) >= 11 is 3.42. The molecule has 0 amide bonds. The molecule has 0 aliphatic carbocycles. The highest BCUT2D eigenvalue weighted by Gasteiger charge is 2.10. The number of imidazole rings is 1. The van der Waals surface area contributed by atoms with Crippen molar-refractivity contribution < 1.29 is 4.79 Å². The van der Waals surface area contributed by atoms with Crippen molar-refractivity contribution in [1.82, 2.24) is 9.38 Å². The summed E-state index contributed by atoms with van der Waals surface area (Å²) in [7, 11) is 0. The second-order valence-corrected chi connectivity index (χ2v) is 4.01. The second kappa shape index (κ2) is 3.20. The summed E-state index contributed by atoms with van der Waals surface area (Å²) in [6.45, 7) is 3.79. The number of hydrogen-bond donors (Lipinski definition) is 0. The predicted octanol–water partition coefficient (Wildman–Crippen LogP) is 2.53. The summed E-state index contributed by atoms with van der Waals surface area (Å²) in [6.07, 6.45) is 0.842. The number of rotatable bonds is 1. The maximum absolute atomic E-state index is 10.9. The predicted molar refractivity (Wildman–Crippen MR) is 57.8 cm³/mol. The van der Waals surface area contributed by atoms with E-state index in [0.29, 0.717) is 5.69 Å². The number of nitrogens with zero attached hydrogens (tertiary/aromatic N) is 2. The van der Waals surface area contributed by atoms with E-state index in [-0.39, 0.29) is 0 Å². The summed E-state index contributed by atoms with van der Waals surface area (Å²) in [6, 6.07) is 3.82. The molecule has 0 radical (unpaired) electrons. The van der Waals surface area contributed by atoms with Crippen LogP contribution < -0.4 is 0 Å². The van der Waals surface area contributed by atoms with Gasteiger partial charge in [-0.15, -0.1) is 0 Å². The first kappa shape index (κ1) is 9.40. The Labute approximate surface area is 89.9 Å². The van der Waals surface area contributed by atoms with Crippen LogP contribution in [0.1, 0.15) is 21.9 Å². The van der Waals surface area contributed by atoms with Crippen LogP contribution in [0, 0.1) is 13.8 Å². The Morgan fingerprint density at radius 2 is 2.14 bits per heavy atom. The normalized spacial score (nSPS) is 10.8. The minimum Gasteiger partial charge on any atom is -0.296 e. The third-order valence-electron chi connectivity index (χ3n) is 2.29. The van der Waals surface area contributed by atoms with Gasteiger partial charge in [0.2, 0.25) is 0 Å². The molecule has 0 saturated heterocycles. The molecular formula is C10H9BrN2O. The van der Waals surface area contributed by atoms with Crippen molar-refractivity contribution in [2.45, 2.75) is 13.8 Å². The molecule has 14 heavy (non-hydrogen) atoms. The van der Waals surface area contributed by atoms with Crippen molar-refractivity contribution in [3.05, 3.63) is 33.7 Å². The molecule has 0 N–H and O–H groups in total. The van der Waals surface area contributed by atoms with Crippen LogP contribution in [0.4, 0.5) is 0 Å². The number of aryl methyl sites for hydroxylation is 2. The van der Waals surface area contributed by atoms with Gasteiger partial charge >= 0.3 is 0 Å². The number of pyridine rings is 1. The van der Waals surface area contributed by atoms with Gasteiger partial charge in [0, 0.05) is 10.2 Å². The van der Waals surface area contributed by atoms with E-state index in [1.54, 1.807) is 0 Å². The number of carbonyl (C=O) groups is 1. The van der Waals surface area contributed by atoms with Gasteiger partial charge in [-0.1, -0.05) is 0 Å². The Morgan fingerprint density at radius 3 is 2.79 bits per heavy atom. The van der Waals surface area contributed by atoms with Gasteiger partial charge in [0.1, 0.15) is 11.3 Å². The van der Waals surface area contributed by atoms with E-state index in [9.17, 15) is 4.79 Å². The van der Waals surface area contributed by atoms with Crippen molar-refractivity contribution in [2.75, 3.05) is 0 Å². The lowest BCUT2D eigenvalue weighted by Crippen LogP contribution is -1.97. The standard InChI is InChI=1S/C10H9BrN2O/c1-6-9(5-14)13-7(2)8(11)3-4-10(13)12-6/h3-5H,1-2H3. The van der Waals surface area contributed by atoms with Crippen molar-refractivity contribution in [3.8, 4) is 0 Å². The Morgan fingerprint density at radius 1 is 1.43 bits per heavy atom. The van der Waals surface area contributed by atoms with E-state index in [2.05, 4.69) is 20.9 Å². The number of carbonyl (C=O) groups excluding carboxylic acids is 1. The third-order valence-corrected chi connectivity index (χ3v) is 3.13. The molecule has 0 aliphatic rings. The maximum Gasteiger partial charge on any atom is 0.168 e. The zero-order valence-corrected chi connectivity index (χ0v) is 9.50. The van der Waals surface area contributed by atoms with Crippen molar-refractivity contribution in [2.24, 2.45) is 0 Å². The molecule has 0 unspecified atom stereocenters. The molecule has 0 bridgehead atoms. The minimum atomic E-state index is 0.624. The Hall–Kier alpha value is -1.16. The molecule has 3 nitrogen and oxygen atoms in total. The van der Waals surface area contributed by atoms with Crippen LogP contribution in [0.3, 0.4) is 0 Å². The summed E-state index contributed by atoms with van der Waals surface area (Å²) in [5.41, 5.74) is 3.19. The van der Waals surface area contributed by atoms with Crippen molar-refractivity contribution in [3.63, 3.8) is 0 Å². The molecule has 0 spiro atoms. The Balaban J connectivity index is 2.97. The molecule has 0 aromatic carbocycles. The van der Waals surface area contributed by atoms with Crippen LogP contribution in [-0.2, 0) is 0 Å². The van der Waals surface area contributed by atoms with Crippen LogP contribution in [0.2, 0.25) is 0 Å². The number of hydrogen-bond acceptors (Lipinski definition) is 2. The molecule has 2 rings (SSSR count). The van der Waals surface area contributed by atoms with Gasteiger partial charge in [-0.05, 0) is 41.9 Å². The Kier molecular flexibility index (Phi) is 2.15. The molecule has 4 heteroatoms. The van der Waals surface area contributed by atoms with Crippen LogP contribution >= 0.6 is 15.9 Å². The average molecular weight is 253 g/mol. The first-order chi connectivity index (χ1) is 6.65. The first-order valence-electron chi connectivity index (χ1n) is 4.24. The number of fused-ring (bicyclic) bond motifs is 1. The van der Waals surface area contributed by atoms with Gasteiger partial charge in [0.15, 0.2) is 6.29 Å². The van der Waals surface area contributed by atoms with E-state index < -0.39 is 0 Å². The van der Waals surface area contributed by atoms with Crippen LogP contribution in [0.15, 0.2) is 16.6 Å². The third kappa shape index (κ3) is 1.18. The lowest BCUT2D eigenvalue weighted by molar-refractivity contribution is 0.111. The Bertz CT molecular complexity index is 516. The summed E-state index contributed by atoms with van der Waals surface area (Å²) in [5, 5.41) is 0. The molecule has 2 aromatic rings. The average Bonchev–Trinajstić information content (AvgIpc) is 2.48. The van der Waals surface area contributed by atoms with E-state index >= 15 is 0 Å². The maximum atomic E-state index is 10.9. The zero-order valence-electron chi connectivity index (χ0n) is 7.91. The van der Waals surface area contributed by atoms with Gasteiger partial charge in [0.25, 0.3) is 0 Å². The van der Waals surface area contributed by atoms with Gasteiger partial charge in [-0.2, -0.15) is 0 Å². The minimum absolute atomic E-state index is 0.624. The number of halogens is 1.